The van der Waals surface area contributed by atoms with Gasteiger partial charge in [0.2, 0.25) is 0 Å². The van der Waals surface area contributed by atoms with Crippen molar-refractivity contribution in [1.29, 1.82) is 0 Å². The Morgan fingerprint density at radius 3 is 2.62 bits per heavy atom. The van der Waals surface area contributed by atoms with Gasteiger partial charge in [0.05, 0.1) is 13.7 Å². The number of para-hydroxylation sites is 1. The minimum Gasteiger partial charge on any atom is -0.496 e. The van der Waals surface area contributed by atoms with Gasteiger partial charge in [-0.05, 0) is 24.8 Å². The van der Waals surface area contributed by atoms with Crippen molar-refractivity contribution < 1.29 is 4.74 Å². The van der Waals surface area contributed by atoms with Crippen LogP contribution < -0.4 is 4.74 Å². The van der Waals surface area contributed by atoms with Crippen LogP contribution in [-0.2, 0) is 20.0 Å². The number of piperidine rings is 1. The van der Waals surface area contributed by atoms with Gasteiger partial charge in [0.1, 0.15) is 17.4 Å². The highest BCUT2D eigenvalue weighted by Crippen LogP contribution is 2.38. The van der Waals surface area contributed by atoms with Crippen LogP contribution >= 0.6 is 0 Å². The molecule has 0 amide bonds. The molecule has 2 heterocycles. The maximum Gasteiger partial charge on any atom is 0.146 e. The summed E-state index contributed by atoms with van der Waals surface area (Å²) in [5.41, 5.74) is 1.28. The fourth-order valence-corrected chi connectivity index (χ4v) is 3.74. The number of nitrogens with zero attached hydrogens (tertiary/aromatic N) is 4. The molecule has 0 unspecified atom stereocenters. The molecule has 3 rings (SSSR count). The first kappa shape index (κ1) is 17.0. The number of rotatable bonds is 5. The molecule has 1 aromatic carbocycles. The Morgan fingerprint density at radius 1 is 1.17 bits per heavy atom. The molecule has 1 saturated heterocycles. The number of likely N-dealkylation sites (tertiary alicyclic amines) is 1. The molecule has 0 saturated carbocycles. The van der Waals surface area contributed by atoms with Gasteiger partial charge in [-0.2, -0.15) is 0 Å². The average molecular weight is 328 g/mol. The summed E-state index contributed by atoms with van der Waals surface area (Å²) >= 11 is 0. The van der Waals surface area contributed by atoms with E-state index < -0.39 is 0 Å². The van der Waals surface area contributed by atoms with Crippen LogP contribution in [0.15, 0.2) is 24.3 Å². The van der Waals surface area contributed by atoms with E-state index in [2.05, 4.69) is 58.8 Å². The summed E-state index contributed by atoms with van der Waals surface area (Å²) in [6.45, 7) is 6.36. The van der Waals surface area contributed by atoms with E-state index in [1.54, 1.807) is 7.11 Å². The maximum absolute atomic E-state index is 5.61. The topological polar surface area (TPSA) is 43.2 Å². The zero-order valence-corrected chi connectivity index (χ0v) is 15.2. The third kappa shape index (κ3) is 3.31. The Balaban J connectivity index is 1.88. The molecule has 5 nitrogen and oxygen atoms in total. The minimum atomic E-state index is 0.374. The molecule has 2 aromatic rings. The van der Waals surface area contributed by atoms with E-state index in [0.717, 1.165) is 43.3 Å². The largest absolute Gasteiger partial charge is 0.496 e. The number of benzene rings is 1. The van der Waals surface area contributed by atoms with E-state index in [4.69, 9.17) is 4.74 Å². The molecule has 2 atom stereocenters. The van der Waals surface area contributed by atoms with Crippen molar-refractivity contribution in [3.63, 3.8) is 0 Å². The van der Waals surface area contributed by atoms with Crippen LogP contribution in [-0.4, -0.2) is 33.3 Å². The van der Waals surface area contributed by atoms with Crippen molar-refractivity contribution in [2.45, 2.75) is 45.7 Å². The van der Waals surface area contributed by atoms with Gasteiger partial charge in [0, 0.05) is 31.6 Å². The quantitative estimate of drug-likeness (QED) is 0.844. The third-order valence-corrected chi connectivity index (χ3v) is 5.13. The molecule has 1 aliphatic rings. The van der Waals surface area contributed by atoms with Gasteiger partial charge in [-0.1, -0.05) is 32.0 Å². The normalized spacial score (nSPS) is 21.8. The number of methoxy groups -OCH3 is 1. The lowest BCUT2D eigenvalue weighted by Gasteiger charge is -2.39. The third-order valence-electron chi connectivity index (χ3n) is 5.13. The Hall–Kier alpha value is -1.88. The first-order valence-corrected chi connectivity index (χ1v) is 8.88. The molecule has 0 radical (unpaired) electrons. The number of aromatic nitrogens is 3. The fourth-order valence-electron chi connectivity index (χ4n) is 3.74. The Labute approximate surface area is 144 Å². The van der Waals surface area contributed by atoms with Crippen molar-refractivity contribution in [2.24, 2.45) is 13.0 Å². The summed E-state index contributed by atoms with van der Waals surface area (Å²) in [5.74, 6) is 3.77. The summed E-state index contributed by atoms with van der Waals surface area (Å²) in [4.78, 5) is 2.54. The van der Waals surface area contributed by atoms with Crippen LogP contribution in [0.4, 0.5) is 0 Å². The second-order valence-electron chi connectivity index (χ2n) is 6.81. The van der Waals surface area contributed by atoms with Gasteiger partial charge in [-0.15, -0.1) is 10.2 Å². The van der Waals surface area contributed by atoms with Crippen LogP contribution in [0.5, 0.6) is 5.75 Å². The summed E-state index contributed by atoms with van der Waals surface area (Å²) < 4.78 is 7.75. The first-order chi connectivity index (χ1) is 11.6. The second kappa shape index (κ2) is 7.34. The van der Waals surface area contributed by atoms with Crippen LogP contribution in [0, 0.1) is 5.92 Å². The molecule has 130 valence electrons. The number of hydrogen-bond donors (Lipinski definition) is 0. The maximum atomic E-state index is 5.61. The molecule has 0 spiro atoms. The van der Waals surface area contributed by atoms with Gasteiger partial charge in [-0.25, -0.2) is 0 Å². The Bertz CT molecular complexity index is 682. The van der Waals surface area contributed by atoms with Crippen LogP contribution in [0.1, 0.15) is 49.9 Å². The lowest BCUT2D eigenvalue weighted by atomic mass is 9.89. The molecular formula is C19H28N4O. The van der Waals surface area contributed by atoms with Gasteiger partial charge in [0.15, 0.2) is 0 Å². The molecule has 1 aromatic heterocycles. The van der Waals surface area contributed by atoms with Crippen molar-refractivity contribution in [3.05, 3.63) is 41.5 Å². The number of hydrogen-bond acceptors (Lipinski definition) is 4. The van der Waals surface area contributed by atoms with E-state index >= 15 is 0 Å². The van der Waals surface area contributed by atoms with Crippen molar-refractivity contribution in [2.75, 3.05) is 13.7 Å². The predicted molar refractivity (Wildman–Crippen MR) is 94.9 cm³/mol. The zero-order chi connectivity index (χ0) is 17.1. The zero-order valence-electron chi connectivity index (χ0n) is 15.2. The molecule has 1 aliphatic heterocycles. The highest BCUT2D eigenvalue weighted by molar-refractivity contribution is 5.36. The highest BCUT2D eigenvalue weighted by Gasteiger charge is 2.30. The summed E-state index contributed by atoms with van der Waals surface area (Å²) in [5, 5.41) is 8.73. The molecular weight excluding hydrogens is 300 g/mol. The lowest BCUT2D eigenvalue weighted by Crippen LogP contribution is -2.37. The van der Waals surface area contributed by atoms with Gasteiger partial charge in [0.25, 0.3) is 0 Å². The molecule has 24 heavy (non-hydrogen) atoms. The van der Waals surface area contributed by atoms with Gasteiger partial charge < -0.3 is 9.30 Å². The van der Waals surface area contributed by atoms with Crippen LogP contribution in [0.25, 0.3) is 0 Å². The van der Waals surface area contributed by atoms with Crippen molar-refractivity contribution in [1.82, 2.24) is 19.7 Å². The van der Waals surface area contributed by atoms with E-state index in [1.807, 2.05) is 6.07 Å². The standard InChI is InChI=1S/C19H28N4O/c1-5-18-20-21-19(22(18)3)13-23-12-14(2)10-11-16(23)15-8-6-7-9-17(15)24-4/h6-9,14,16H,5,10-13H2,1-4H3/t14-,16-/m0/s1. The van der Waals surface area contributed by atoms with E-state index in [-0.39, 0.29) is 0 Å². The van der Waals surface area contributed by atoms with Crippen molar-refractivity contribution in [3.8, 4) is 5.75 Å². The number of ether oxygens (including phenoxy) is 1. The second-order valence-corrected chi connectivity index (χ2v) is 6.81. The van der Waals surface area contributed by atoms with Crippen LogP contribution in [0.2, 0.25) is 0 Å². The van der Waals surface area contributed by atoms with Crippen LogP contribution in [0.3, 0.4) is 0 Å². The minimum absolute atomic E-state index is 0.374. The highest BCUT2D eigenvalue weighted by atomic mass is 16.5. The Morgan fingerprint density at radius 2 is 1.92 bits per heavy atom. The van der Waals surface area contributed by atoms with Gasteiger partial charge >= 0.3 is 0 Å². The van der Waals surface area contributed by atoms with Crippen molar-refractivity contribution >= 4 is 0 Å². The number of aryl methyl sites for hydroxylation is 1. The smallest absolute Gasteiger partial charge is 0.146 e. The SMILES string of the molecule is CCc1nnc(CN2C[C@@H](C)CC[C@H]2c2ccccc2OC)n1C. The molecule has 0 aliphatic carbocycles. The molecule has 0 bridgehead atoms. The molecule has 1 fully saturated rings. The fraction of sp³-hybridized carbons (Fsp3) is 0.579. The first-order valence-electron chi connectivity index (χ1n) is 8.88. The Kier molecular flexibility index (Phi) is 5.19. The lowest BCUT2D eigenvalue weighted by molar-refractivity contribution is 0.100. The van der Waals surface area contributed by atoms with E-state index in [1.165, 1.54) is 12.0 Å². The van der Waals surface area contributed by atoms with E-state index in [0.29, 0.717) is 12.0 Å². The predicted octanol–water partition coefficient (Wildman–Crippen LogP) is 3.36. The van der Waals surface area contributed by atoms with E-state index in [9.17, 15) is 0 Å². The molecule has 0 N–H and O–H groups in total. The van der Waals surface area contributed by atoms with Gasteiger partial charge in [-0.3, -0.25) is 4.90 Å². The average Bonchev–Trinajstić information content (AvgIpc) is 2.95. The summed E-state index contributed by atoms with van der Waals surface area (Å²) in [6.07, 6.45) is 3.31. The summed E-state index contributed by atoms with van der Waals surface area (Å²) in [6, 6.07) is 8.77. The monoisotopic (exact) mass is 328 g/mol. The summed E-state index contributed by atoms with van der Waals surface area (Å²) in [7, 11) is 3.82. The molecule has 5 heteroatoms.